The van der Waals surface area contributed by atoms with Crippen molar-refractivity contribution in [3.05, 3.63) is 23.8 Å². The number of rotatable bonds is 5. The van der Waals surface area contributed by atoms with E-state index in [1.807, 2.05) is 0 Å². The summed E-state index contributed by atoms with van der Waals surface area (Å²) < 4.78 is 26.7. The number of Topliss-reactive ketones (excluding diaryl/α,β-unsaturated/α-hetero) is 1. The molecule has 0 saturated carbocycles. The van der Waals surface area contributed by atoms with Gasteiger partial charge in [-0.2, -0.15) is 0 Å². The van der Waals surface area contributed by atoms with Crippen LogP contribution in [0.25, 0.3) is 0 Å². The summed E-state index contributed by atoms with van der Waals surface area (Å²) in [7, 11) is -1.76. The maximum atomic E-state index is 11.5. The Kier molecular flexibility index (Phi) is 4.28. The predicted molar refractivity (Wildman–Crippen MR) is 77.8 cm³/mol. The van der Waals surface area contributed by atoms with E-state index in [2.05, 4.69) is 20.2 Å². The molecule has 112 valence electrons. The summed E-state index contributed by atoms with van der Waals surface area (Å²) >= 11 is 1.17. The van der Waals surface area contributed by atoms with E-state index in [1.54, 1.807) is 25.2 Å². The molecule has 0 aliphatic carbocycles. The van der Waals surface area contributed by atoms with Gasteiger partial charge in [0.15, 0.2) is 5.78 Å². The SMILES string of the molecule is CC(=O)c1ccc(NS(C)(=O)=O)c(Sc2nnnn2C)c1. The van der Waals surface area contributed by atoms with Gasteiger partial charge in [0, 0.05) is 17.5 Å². The van der Waals surface area contributed by atoms with Gasteiger partial charge in [0.1, 0.15) is 0 Å². The van der Waals surface area contributed by atoms with Crippen molar-refractivity contribution in [3.8, 4) is 0 Å². The molecule has 0 unspecified atom stereocenters. The van der Waals surface area contributed by atoms with Crippen LogP contribution in [0.3, 0.4) is 0 Å². The van der Waals surface area contributed by atoms with Crippen molar-refractivity contribution in [2.24, 2.45) is 7.05 Å². The average Bonchev–Trinajstić information content (AvgIpc) is 2.75. The van der Waals surface area contributed by atoms with Gasteiger partial charge in [0.2, 0.25) is 15.2 Å². The van der Waals surface area contributed by atoms with Crippen LogP contribution in [0.4, 0.5) is 5.69 Å². The molecule has 21 heavy (non-hydrogen) atoms. The minimum Gasteiger partial charge on any atom is -0.295 e. The van der Waals surface area contributed by atoms with Crippen molar-refractivity contribution in [2.75, 3.05) is 11.0 Å². The van der Waals surface area contributed by atoms with E-state index < -0.39 is 10.0 Å². The van der Waals surface area contributed by atoms with E-state index in [-0.39, 0.29) is 5.78 Å². The summed E-state index contributed by atoms with van der Waals surface area (Å²) in [4.78, 5) is 12.0. The molecular weight excluding hydrogens is 314 g/mol. The number of sulfonamides is 1. The maximum absolute atomic E-state index is 11.5. The molecule has 0 saturated heterocycles. The third kappa shape index (κ3) is 4.02. The van der Waals surface area contributed by atoms with Crippen molar-refractivity contribution >= 4 is 33.3 Å². The van der Waals surface area contributed by atoms with Gasteiger partial charge < -0.3 is 0 Å². The molecule has 0 aliphatic rings. The topological polar surface area (TPSA) is 107 Å². The normalized spacial score (nSPS) is 11.4. The molecule has 1 N–H and O–H groups in total. The van der Waals surface area contributed by atoms with Gasteiger partial charge in [0.05, 0.1) is 11.9 Å². The molecule has 0 aliphatic heterocycles. The Balaban J connectivity index is 2.45. The van der Waals surface area contributed by atoms with E-state index in [4.69, 9.17) is 0 Å². The molecule has 2 aromatic rings. The highest BCUT2D eigenvalue weighted by Crippen LogP contribution is 2.33. The molecule has 2 rings (SSSR count). The van der Waals surface area contributed by atoms with Crippen molar-refractivity contribution in [3.63, 3.8) is 0 Å². The Hall–Kier alpha value is -1.94. The molecule has 0 fully saturated rings. The number of aryl methyl sites for hydroxylation is 1. The van der Waals surface area contributed by atoms with E-state index in [0.717, 1.165) is 6.26 Å². The van der Waals surface area contributed by atoms with E-state index in [1.165, 1.54) is 23.4 Å². The van der Waals surface area contributed by atoms with Gasteiger partial charge in [-0.05, 0) is 47.3 Å². The van der Waals surface area contributed by atoms with Crippen molar-refractivity contribution < 1.29 is 13.2 Å². The minimum absolute atomic E-state index is 0.112. The Bertz CT molecular complexity index is 785. The first-order chi connectivity index (χ1) is 9.76. The van der Waals surface area contributed by atoms with E-state index in [9.17, 15) is 13.2 Å². The van der Waals surface area contributed by atoms with Crippen molar-refractivity contribution in [2.45, 2.75) is 17.0 Å². The van der Waals surface area contributed by atoms with Crippen LogP contribution in [-0.4, -0.2) is 40.7 Å². The third-order valence-electron chi connectivity index (χ3n) is 2.47. The largest absolute Gasteiger partial charge is 0.295 e. The zero-order valence-electron chi connectivity index (χ0n) is 11.6. The van der Waals surface area contributed by atoms with Crippen LogP contribution < -0.4 is 4.72 Å². The van der Waals surface area contributed by atoms with Gasteiger partial charge in [-0.3, -0.25) is 9.52 Å². The van der Waals surface area contributed by atoms with Crippen LogP contribution in [0.5, 0.6) is 0 Å². The Morgan fingerprint density at radius 1 is 1.38 bits per heavy atom. The number of carbonyl (C=O) groups excluding carboxylic acids is 1. The zero-order chi connectivity index (χ0) is 15.6. The lowest BCUT2D eigenvalue weighted by atomic mass is 10.1. The van der Waals surface area contributed by atoms with Crippen LogP contribution in [-0.2, 0) is 17.1 Å². The molecule has 1 aromatic carbocycles. The second-order valence-electron chi connectivity index (χ2n) is 4.33. The first-order valence-electron chi connectivity index (χ1n) is 5.79. The number of aromatic nitrogens is 4. The summed E-state index contributed by atoms with van der Waals surface area (Å²) in [6, 6.07) is 4.72. The molecule has 0 bridgehead atoms. The Morgan fingerprint density at radius 2 is 2.10 bits per heavy atom. The number of anilines is 1. The van der Waals surface area contributed by atoms with Gasteiger partial charge >= 0.3 is 0 Å². The van der Waals surface area contributed by atoms with Crippen molar-refractivity contribution in [1.82, 2.24) is 20.2 Å². The second-order valence-corrected chi connectivity index (χ2v) is 7.09. The standard InChI is InChI=1S/C11H13N5O3S2/c1-7(17)8-4-5-9(13-21(3,18)19)10(6-8)20-11-12-14-15-16(11)2/h4-6,13H,1-3H3. The van der Waals surface area contributed by atoms with E-state index >= 15 is 0 Å². The number of tetrazole rings is 1. The van der Waals surface area contributed by atoms with Gasteiger partial charge in [-0.1, -0.05) is 0 Å². The van der Waals surface area contributed by atoms with Gasteiger partial charge in [-0.25, -0.2) is 13.1 Å². The third-order valence-corrected chi connectivity index (χ3v) is 4.14. The second kappa shape index (κ2) is 5.82. The average molecular weight is 327 g/mol. The summed E-state index contributed by atoms with van der Waals surface area (Å²) in [5.41, 5.74) is 0.849. The summed E-state index contributed by atoms with van der Waals surface area (Å²) in [6.07, 6.45) is 1.06. The fourth-order valence-corrected chi connectivity index (χ4v) is 3.02. The number of carbonyl (C=O) groups is 1. The number of hydrogen-bond donors (Lipinski definition) is 1. The number of nitrogens with one attached hydrogen (secondary N) is 1. The first kappa shape index (κ1) is 15.4. The van der Waals surface area contributed by atoms with Crippen LogP contribution in [0.2, 0.25) is 0 Å². The van der Waals surface area contributed by atoms with Crippen LogP contribution in [0.15, 0.2) is 28.3 Å². The molecular formula is C11H13N5O3S2. The lowest BCUT2D eigenvalue weighted by molar-refractivity contribution is 0.101. The van der Waals surface area contributed by atoms with E-state index in [0.29, 0.717) is 21.3 Å². The minimum atomic E-state index is -3.43. The quantitative estimate of drug-likeness (QED) is 0.814. The van der Waals surface area contributed by atoms with Crippen LogP contribution >= 0.6 is 11.8 Å². The number of hydrogen-bond acceptors (Lipinski definition) is 7. The molecule has 0 radical (unpaired) electrons. The smallest absolute Gasteiger partial charge is 0.229 e. The zero-order valence-corrected chi connectivity index (χ0v) is 13.2. The summed E-state index contributed by atoms with van der Waals surface area (Å²) in [5, 5.41) is 11.5. The molecule has 0 atom stereocenters. The fourth-order valence-electron chi connectivity index (χ4n) is 1.52. The Labute approximate surface area is 126 Å². The maximum Gasteiger partial charge on any atom is 0.229 e. The monoisotopic (exact) mass is 327 g/mol. The van der Waals surface area contributed by atoms with Crippen LogP contribution in [0.1, 0.15) is 17.3 Å². The first-order valence-corrected chi connectivity index (χ1v) is 8.50. The highest BCUT2D eigenvalue weighted by atomic mass is 32.2. The molecule has 1 heterocycles. The fraction of sp³-hybridized carbons (Fsp3) is 0.273. The number of ketones is 1. The molecule has 1 aromatic heterocycles. The number of nitrogens with zero attached hydrogens (tertiary/aromatic N) is 4. The van der Waals surface area contributed by atoms with Gasteiger partial charge in [-0.15, -0.1) is 5.10 Å². The van der Waals surface area contributed by atoms with Crippen molar-refractivity contribution in [1.29, 1.82) is 0 Å². The highest BCUT2D eigenvalue weighted by Gasteiger charge is 2.14. The Morgan fingerprint density at radius 3 is 2.62 bits per heavy atom. The van der Waals surface area contributed by atoms with Gasteiger partial charge in [0.25, 0.3) is 0 Å². The highest BCUT2D eigenvalue weighted by molar-refractivity contribution is 7.99. The molecule has 10 heteroatoms. The summed E-state index contributed by atoms with van der Waals surface area (Å²) in [5.74, 6) is -0.112. The molecule has 0 spiro atoms. The molecule has 8 nitrogen and oxygen atoms in total. The lowest BCUT2D eigenvalue weighted by Crippen LogP contribution is -2.11. The number of benzene rings is 1. The summed E-state index contributed by atoms with van der Waals surface area (Å²) in [6.45, 7) is 1.44. The van der Waals surface area contributed by atoms with Crippen LogP contribution in [0, 0.1) is 0 Å². The lowest BCUT2D eigenvalue weighted by Gasteiger charge is -2.10. The predicted octanol–water partition coefficient (Wildman–Crippen LogP) is 0.935. The molecule has 0 amide bonds.